The molecule has 2 aromatic rings. The maximum atomic E-state index is 5.19. The molecule has 2 rings (SSSR count). The van der Waals surface area contributed by atoms with Gasteiger partial charge in [0.25, 0.3) is 0 Å². The Balaban J connectivity index is 2.04. The SMILES string of the molecule is NN=NC(CCc1ccccc1)c1ccccc1. The number of hydrogen-bond donors (Lipinski definition) is 1. The van der Waals surface area contributed by atoms with Crippen molar-refractivity contribution in [2.24, 2.45) is 16.2 Å². The first-order chi connectivity index (χ1) is 8.90. The second-order valence-corrected chi connectivity index (χ2v) is 4.18. The van der Waals surface area contributed by atoms with Crippen molar-refractivity contribution in [1.29, 1.82) is 0 Å². The predicted octanol–water partition coefficient (Wildman–Crippen LogP) is 3.69. The maximum Gasteiger partial charge on any atom is 0.0982 e. The van der Waals surface area contributed by atoms with Gasteiger partial charge in [0, 0.05) is 0 Å². The van der Waals surface area contributed by atoms with E-state index in [0.717, 1.165) is 18.4 Å². The molecule has 0 aliphatic carbocycles. The summed E-state index contributed by atoms with van der Waals surface area (Å²) in [5.74, 6) is 5.19. The van der Waals surface area contributed by atoms with E-state index in [4.69, 9.17) is 5.84 Å². The lowest BCUT2D eigenvalue weighted by molar-refractivity contribution is 0.613. The normalized spacial score (nSPS) is 12.7. The summed E-state index contributed by atoms with van der Waals surface area (Å²) in [4.78, 5) is 0. The predicted molar refractivity (Wildman–Crippen MR) is 73.0 cm³/mol. The molecule has 0 aliphatic heterocycles. The summed E-state index contributed by atoms with van der Waals surface area (Å²) in [5.41, 5.74) is 2.47. The van der Waals surface area contributed by atoms with Gasteiger partial charge in [-0.15, -0.1) is 0 Å². The van der Waals surface area contributed by atoms with E-state index in [1.54, 1.807) is 0 Å². The monoisotopic (exact) mass is 239 g/mol. The second-order valence-electron chi connectivity index (χ2n) is 4.18. The molecule has 18 heavy (non-hydrogen) atoms. The Hall–Kier alpha value is -2.16. The number of aryl methyl sites for hydroxylation is 1. The molecule has 0 amide bonds. The Morgan fingerprint density at radius 3 is 2.11 bits per heavy atom. The van der Waals surface area contributed by atoms with Crippen LogP contribution in [-0.2, 0) is 6.42 Å². The van der Waals surface area contributed by atoms with E-state index >= 15 is 0 Å². The Labute approximate surface area is 107 Å². The van der Waals surface area contributed by atoms with E-state index in [-0.39, 0.29) is 6.04 Å². The highest BCUT2D eigenvalue weighted by Gasteiger charge is 2.09. The minimum absolute atomic E-state index is 0.0383. The zero-order valence-corrected chi connectivity index (χ0v) is 10.2. The number of rotatable bonds is 5. The number of benzene rings is 2. The van der Waals surface area contributed by atoms with Gasteiger partial charge in [-0.05, 0) is 24.0 Å². The third-order valence-electron chi connectivity index (χ3n) is 2.94. The molecule has 0 fully saturated rings. The van der Waals surface area contributed by atoms with Crippen LogP contribution in [0.4, 0.5) is 0 Å². The van der Waals surface area contributed by atoms with Crippen molar-refractivity contribution in [3.63, 3.8) is 0 Å². The van der Waals surface area contributed by atoms with Crippen LogP contribution >= 0.6 is 0 Å². The fraction of sp³-hybridized carbons (Fsp3) is 0.200. The van der Waals surface area contributed by atoms with Gasteiger partial charge in [-0.2, -0.15) is 5.11 Å². The Morgan fingerprint density at radius 2 is 1.50 bits per heavy atom. The molecule has 1 atom stereocenters. The molecular formula is C15H17N3. The summed E-state index contributed by atoms with van der Waals surface area (Å²) in [5, 5.41) is 7.56. The van der Waals surface area contributed by atoms with Crippen molar-refractivity contribution in [3.8, 4) is 0 Å². The maximum absolute atomic E-state index is 5.19. The van der Waals surface area contributed by atoms with Gasteiger partial charge in [0.05, 0.1) is 6.04 Å². The summed E-state index contributed by atoms with van der Waals surface area (Å²) in [6.45, 7) is 0. The highest BCUT2D eigenvalue weighted by Crippen LogP contribution is 2.23. The first-order valence-corrected chi connectivity index (χ1v) is 6.09. The van der Waals surface area contributed by atoms with Gasteiger partial charge in [0.2, 0.25) is 0 Å². The molecular weight excluding hydrogens is 222 g/mol. The molecule has 0 heterocycles. The fourth-order valence-electron chi connectivity index (χ4n) is 1.99. The summed E-state index contributed by atoms with van der Waals surface area (Å²) >= 11 is 0. The molecule has 0 radical (unpaired) electrons. The van der Waals surface area contributed by atoms with Crippen LogP contribution in [0.15, 0.2) is 71.0 Å². The second kappa shape index (κ2) is 6.55. The van der Waals surface area contributed by atoms with Crippen LogP contribution in [0.25, 0.3) is 0 Å². The highest BCUT2D eigenvalue weighted by atomic mass is 15.3. The van der Waals surface area contributed by atoms with Crippen molar-refractivity contribution in [3.05, 3.63) is 71.8 Å². The molecule has 2 N–H and O–H groups in total. The standard InChI is InChI=1S/C15H17N3/c16-18-17-15(14-9-5-2-6-10-14)12-11-13-7-3-1-4-8-13/h1-10,15H,11-12H2,(H2,16,17). The third kappa shape index (κ3) is 3.42. The average Bonchev–Trinajstić information content (AvgIpc) is 2.45. The topological polar surface area (TPSA) is 50.7 Å². The van der Waals surface area contributed by atoms with Gasteiger partial charge >= 0.3 is 0 Å². The van der Waals surface area contributed by atoms with Crippen LogP contribution in [0.3, 0.4) is 0 Å². The average molecular weight is 239 g/mol. The highest BCUT2D eigenvalue weighted by molar-refractivity contribution is 5.20. The third-order valence-corrected chi connectivity index (χ3v) is 2.94. The molecule has 0 aromatic heterocycles. The molecule has 0 saturated carbocycles. The van der Waals surface area contributed by atoms with Crippen molar-refractivity contribution in [2.45, 2.75) is 18.9 Å². The zero-order valence-electron chi connectivity index (χ0n) is 10.2. The van der Waals surface area contributed by atoms with E-state index in [0.29, 0.717) is 0 Å². The van der Waals surface area contributed by atoms with Crippen LogP contribution in [0.5, 0.6) is 0 Å². The van der Waals surface area contributed by atoms with Crippen molar-refractivity contribution >= 4 is 0 Å². The van der Waals surface area contributed by atoms with E-state index in [9.17, 15) is 0 Å². The minimum atomic E-state index is 0.0383. The molecule has 0 bridgehead atoms. The quantitative estimate of drug-likeness (QED) is 0.483. The van der Waals surface area contributed by atoms with E-state index < -0.39 is 0 Å². The molecule has 1 unspecified atom stereocenters. The van der Waals surface area contributed by atoms with Crippen molar-refractivity contribution in [2.75, 3.05) is 0 Å². The summed E-state index contributed by atoms with van der Waals surface area (Å²) in [6.07, 6.45) is 1.88. The summed E-state index contributed by atoms with van der Waals surface area (Å²) in [7, 11) is 0. The minimum Gasteiger partial charge on any atom is -0.305 e. The van der Waals surface area contributed by atoms with Crippen LogP contribution in [0.1, 0.15) is 23.6 Å². The van der Waals surface area contributed by atoms with Gasteiger partial charge in [-0.1, -0.05) is 65.9 Å². The lowest BCUT2D eigenvalue weighted by Crippen LogP contribution is -1.98. The van der Waals surface area contributed by atoms with Crippen LogP contribution in [0, 0.1) is 0 Å². The van der Waals surface area contributed by atoms with E-state index in [1.807, 2.05) is 24.3 Å². The van der Waals surface area contributed by atoms with Crippen LogP contribution in [-0.4, -0.2) is 0 Å². The number of hydrogen-bond acceptors (Lipinski definition) is 2. The lowest BCUT2D eigenvalue weighted by Gasteiger charge is -2.11. The van der Waals surface area contributed by atoms with Crippen LogP contribution < -0.4 is 5.84 Å². The summed E-state index contributed by atoms with van der Waals surface area (Å²) < 4.78 is 0. The smallest absolute Gasteiger partial charge is 0.0982 e. The molecule has 3 nitrogen and oxygen atoms in total. The molecule has 0 saturated heterocycles. The van der Waals surface area contributed by atoms with Gasteiger partial charge in [-0.3, -0.25) is 0 Å². The van der Waals surface area contributed by atoms with E-state index in [2.05, 4.69) is 46.7 Å². The molecule has 92 valence electrons. The lowest BCUT2D eigenvalue weighted by atomic mass is 10.00. The fourth-order valence-corrected chi connectivity index (χ4v) is 1.99. The molecule has 0 aliphatic rings. The molecule has 3 heteroatoms. The van der Waals surface area contributed by atoms with Gasteiger partial charge < -0.3 is 5.84 Å². The van der Waals surface area contributed by atoms with Crippen molar-refractivity contribution < 1.29 is 0 Å². The van der Waals surface area contributed by atoms with Crippen LogP contribution in [0.2, 0.25) is 0 Å². The first-order valence-electron chi connectivity index (χ1n) is 6.09. The summed E-state index contributed by atoms with van der Waals surface area (Å²) in [6, 6.07) is 20.6. The van der Waals surface area contributed by atoms with Gasteiger partial charge in [-0.25, -0.2) is 0 Å². The first kappa shape index (κ1) is 12.3. The molecule has 0 spiro atoms. The Kier molecular flexibility index (Phi) is 4.47. The van der Waals surface area contributed by atoms with Crippen molar-refractivity contribution in [1.82, 2.24) is 0 Å². The van der Waals surface area contributed by atoms with Gasteiger partial charge in [0.15, 0.2) is 0 Å². The van der Waals surface area contributed by atoms with Gasteiger partial charge in [0.1, 0.15) is 0 Å². The Morgan fingerprint density at radius 1 is 0.889 bits per heavy atom. The van der Waals surface area contributed by atoms with E-state index in [1.165, 1.54) is 5.56 Å². The largest absolute Gasteiger partial charge is 0.305 e. The number of nitrogens with zero attached hydrogens (tertiary/aromatic N) is 2. The Bertz CT molecular complexity index is 480. The zero-order chi connectivity index (χ0) is 12.6. The molecule has 2 aromatic carbocycles. The number of nitrogens with two attached hydrogens (primary N) is 1.